The Balaban J connectivity index is 1.33. The van der Waals surface area contributed by atoms with E-state index < -0.39 is 0 Å². The van der Waals surface area contributed by atoms with Gasteiger partial charge in [-0.1, -0.05) is 18.2 Å². The molecule has 4 aromatic rings. The minimum atomic E-state index is -0.0190. The molecule has 0 saturated carbocycles. The first kappa shape index (κ1) is 22.8. The van der Waals surface area contributed by atoms with E-state index in [1.54, 1.807) is 18.5 Å². The van der Waals surface area contributed by atoms with Crippen molar-refractivity contribution in [3.8, 4) is 5.75 Å². The van der Waals surface area contributed by atoms with E-state index in [2.05, 4.69) is 36.8 Å². The van der Waals surface area contributed by atoms with E-state index >= 15 is 0 Å². The molecule has 1 fully saturated rings. The number of hydrogen-bond donors (Lipinski definition) is 2. The lowest BCUT2D eigenvalue weighted by molar-refractivity contribution is -0.127. The van der Waals surface area contributed by atoms with E-state index in [4.69, 9.17) is 16.3 Å². The van der Waals surface area contributed by atoms with Crippen molar-refractivity contribution in [1.82, 2.24) is 29.8 Å². The lowest BCUT2D eigenvalue weighted by atomic mass is 9.89. The maximum atomic E-state index is 11.9. The number of carbonyl (C=O) groups is 1. The number of amides is 1. The third-order valence-corrected chi connectivity index (χ3v) is 6.42. The Hall–Kier alpha value is -3.98. The quantitative estimate of drug-likeness (QED) is 0.365. The van der Waals surface area contributed by atoms with Gasteiger partial charge >= 0.3 is 0 Å². The Morgan fingerprint density at radius 1 is 1.23 bits per heavy atom. The van der Waals surface area contributed by atoms with Gasteiger partial charge in [-0.3, -0.25) is 4.79 Å². The summed E-state index contributed by atoms with van der Waals surface area (Å²) >= 11 is 6.49. The van der Waals surface area contributed by atoms with Crippen LogP contribution in [0.1, 0.15) is 29.9 Å². The minimum absolute atomic E-state index is 0.0190. The molecule has 0 bridgehead atoms. The second kappa shape index (κ2) is 10.1. The number of piperidine rings is 1. The normalized spacial score (nSPS) is 14.1. The largest absolute Gasteiger partial charge is 0.487 e. The molecule has 2 N–H and O–H groups in total. The Morgan fingerprint density at radius 2 is 2.03 bits per heavy atom. The van der Waals surface area contributed by atoms with Crippen LogP contribution in [0.25, 0.3) is 11.0 Å². The van der Waals surface area contributed by atoms with Crippen molar-refractivity contribution in [3.63, 3.8) is 0 Å². The predicted molar refractivity (Wildman–Crippen MR) is 134 cm³/mol. The molecule has 3 aromatic heterocycles. The SMILES string of the molecule is C=CC(=O)N1CCC(c2c[nH]c3ncnc(Nc4ccc(OCc5cncnc5)c(Cl)c4)c23)CC1. The van der Waals surface area contributed by atoms with Crippen LogP contribution in [-0.4, -0.2) is 48.8 Å². The molecule has 0 aliphatic carbocycles. The zero-order valence-electron chi connectivity index (χ0n) is 18.9. The molecular formula is C25H24ClN7O2. The summed E-state index contributed by atoms with van der Waals surface area (Å²) in [5, 5.41) is 4.80. The summed E-state index contributed by atoms with van der Waals surface area (Å²) in [6.45, 7) is 5.31. The molecule has 178 valence electrons. The lowest BCUT2D eigenvalue weighted by Gasteiger charge is -2.31. The maximum absolute atomic E-state index is 11.9. The second-order valence-electron chi connectivity index (χ2n) is 8.30. The zero-order chi connectivity index (χ0) is 24.2. The number of H-pyrrole nitrogens is 1. The molecule has 0 spiro atoms. The van der Waals surface area contributed by atoms with Crippen molar-refractivity contribution >= 4 is 40.0 Å². The van der Waals surface area contributed by atoms with E-state index in [1.165, 1.54) is 18.7 Å². The van der Waals surface area contributed by atoms with E-state index in [1.807, 2.05) is 23.2 Å². The number of rotatable bonds is 7. The molecule has 1 aromatic carbocycles. The molecule has 1 aliphatic heterocycles. The average Bonchev–Trinajstić information content (AvgIpc) is 3.34. The highest BCUT2D eigenvalue weighted by molar-refractivity contribution is 6.32. The van der Waals surface area contributed by atoms with Crippen molar-refractivity contribution in [2.75, 3.05) is 18.4 Å². The van der Waals surface area contributed by atoms with Crippen LogP contribution in [0, 0.1) is 0 Å². The molecule has 0 atom stereocenters. The monoisotopic (exact) mass is 489 g/mol. The minimum Gasteiger partial charge on any atom is -0.487 e. The summed E-state index contributed by atoms with van der Waals surface area (Å²) in [5.74, 6) is 1.54. The number of ether oxygens (including phenoxy) is 1. The van der Waals surface area contributed by atoms with Crippen LogP contribution in [-0.2, 0) is 11.4 Å². The molecule has 0 radical (unpaired) electrons. The van der Waals surface area contributed by atoms with E-state index in [0.29, 0.717) is 42.2 Å². The van der Waals surface area contributed by atoms with Gasteiger partial charge in [0.25, 0.3) is 0 Å². The van der Waals surface area contributed by atoms with E-state index in [9.17, 15) is 4.79 Å². The first-order valence-electron chi connectivity index (χ1n) is 11.3. The summed E-state index contributed by atoms with van der Waals surface area (Å²) in [7, 11) is 0. The standard InChI is InChI=1S/C25H24ClN7O2/c1-2-22(34)33-7-5-17(6-8-33)19-12-29-24-23(19)25(31-15-30-24)32-18-3-4-21(20(26)9-18)35-13-16-10-27-14-28-11-16/h2-4,9-12,14-15,17H,1,5-8,13H2,(H2,29,30,31,32). The number of anilines is 2. The first-order valence-corrected chi connectivity index (χ1v) is 11.7. The summed E-state index contributed by atoms with van der Waals surface area (Å²) in [6, 6.07) is 5.51. The van der Waals surface area contributed by atoms with Gasteiger partial charge in [-0.25, -0.2) is 19.9 Å². The van der Waals surface area contributed by atoms with Crippen molar-refractivity contribution in [1.29, 1.82) is 0 Å². The molecule has 35 heavy (non-hydrogen) atoms. The number of halogens is 1. The fraction of sp³-hybridized carbons (Fsp3) is 0.240. The van der Waals surface area contributed by atoms with Crippen LogP contribution in [0.2, 0.25) is 5.02 Å². The molecule has 9 nitrogen and oxygen atoms in total. The number of hydrogen-bond acceptors (Lipinski definition) is 7. The summed E-state index contributed by atoms with van der Waals surface area (Å²) < 4.78 is 5.81. The number of nitrogens with one attached hydrogen (secondary N) is 2. The molecule has 1 amide bonds. The highest BCUT2D eigenvalue weighted by Gasteiger charge is 2.26. The van der Waals surface area contributed by atoms with E-state index in [-0.39, 0.29) is 5.91 Å². The van der Waals surface area contributed by atoms with Crippen molar-refractivity contribution in [3.05, 3.63) is 78.2 Å². The Morgan fingerprint density at radius 3 is 2.77 bits per heavy atom. The summed E-state index contributed by atoms with van der Waals surface area (Å²) in [5.41, 5.74) is 3.54. The second-order valence-corrected chi connectivity index (χ2v) is 8.71. The van der Waals surface area contributed by atoms with Gasteiger partial charge in [0.15, 0.2) is 0 Å². The van der Waals surface area contributed by atoms with Gasteiger partial charge in [-0.05, 0) is 48.6 Å². The van der Waals surface area contributed by atoms with E-state index in [0.717, 1.165) is 40.7 Å². The molecule has 0 unspecified atom stereocenters. The number of fused-ring (bicyclic) bond motifs is 1. The van der Waals surface area contributed by atoms with Gasteiger partial charge in [0.05, 0.1) is 10.4 Å². The van der Waals surface area contributed by atoms with Crippen LogP contribution >= 0.6 is 11.6 Å². The van der Waals surface area contributed by atoms with Crippen molar-refractivity contribution in [2.24, 2.45) is 0 Å². The smallest absolute Gasteiger partial charge is 0.245 e. The highest BCUT2D eigenvalue weighted by Crippen LogP contribution is 2.37. The predicted octanol–water partition coefficient (Wildman–Crippen LogP) is 4.62. The fourth-order valence-corrected chi connectivity index (χ4v) is 4.58. The van der Waals surface area contributed by atoms with Crippen LogP contribution < -0.4 is 10.1 Å². The number of aromatic amines is 1. The summed E-state index contributed by atoms with van der Waals surface area (Å²) in [6.07, 6.45) is 11.5. The number of likely N-dealkylation sites (tertiary alicyclic amines) is 1. The third kappa shape index (κ3) is 4.95. The van der Waals surface area contributed by atoms with Crippen LogP contribution in [0.3, 0.4) is 0 Å². The summed E-state index contributed by atoms with van der Waals surface area (Å²) in [4.78, 5) is 33.9. The molecule has 10 heteroatoms. The van der Waals surface area contributed by atoms with Crippen molar-refractivity contribution in [2.45, 2.75) is 25.4 Å². The fourth-order valence-electron chi connectivity index (χ4n) is 4.34. The van der Waals surface area contributed by atoms with Gasteiger partial charge in [-0.2, -0.15) is 0 Å². The molecule has 4 heterocycles. The van der Waals surface area contributed by atoms with Gasteiger partial charge < -0.3 is 19.9 Å². The van der Waals surface area contributed by atoms with Gasteiger partial charge in [0.1, 0.15) is 36.5 Å². The first-order chi connectivity index (χ1) is 17.1. The number of nitrogens with zero attached hydrogens (tertiary/aromatic N) is 5. The maximum Gasteiger partial charge on any atom is 0.245 e. The van der Waals surface area contributed by atoms with Gasteiger partial charge in [0.2, 0.25) is 5.91 Å². The topological polar surface area (TPSA) is 109 Å². The highest BCUT2D eigenvalue weighted by atomic mass is 35.5. The number of benzene rings is 1. The Bertz CT molecular complexity index is 1350. The van der Waals surface area contributed by atoms with Crippen LogP contribution in [0.5, 0.6) is 5.75 Å². The zero-order valence-corrected chi connectivity index (χ0v) is 19.7. The Labute approximate surface area is 207 Å². The molecule has 5 rings (SSSR count). The van der Waals surface area contributed by atoms with Gasteiger partial charge in [0, 0.05) is 42.9 Å². The van der Waals surface area contributed by atoms with Gasteiger partial charge in [-0.15, -0.1) is 0 Å². The van der Waals surface area contributed by atoms with Crippen molar-refractivity contribution < 1.29 is 9.53 Å². The van der Waals surface area contributed by atoms with Crippen LogP contribution in [0.4, 0.5) is 11.5 Å². The Kier molecular flexibility index (Phi) is 6.58. The average molecular weight is 490 g/mol. The molecule has 1 saturated heterocycles. The molecule has 1 aliphatic rings. The molecular weight excluding hydrogens is 466 g/mol. The number of aromatic nitrogens is 5. The lowest BCUT2D eigenvalue weighted by Crippen LogP contribution is -2.36. The van der Waals surface area contributed by atoms with Crippen LogP contribution in [0.15, 0.2) is 62.1 Å². The number of carbonyl (C=O) groups excluding carboxylic acids is 1. The third-order valence-electron chi connectivity index (χ3n) is 6.12.